The van der Waals surface area contributed by atoms with Crippen LogP contribution in [0.4, 0.5) is 17.1 Å². The molecule has 8 heteroatoms. The quantitative estimate of drug-likeness (QED) is 0.433. The first-order chi connectivity index (χ1) is 14.4. The van der Waals surface area contributed by atoms with Gasteiger partial charge in [0.25, 0.3) is 11.6 Å². The van der Waals surface area contributed by atoms with Crippen LogP contribution >= 0.6 is 0 Å². The molecule has 1 saturated heterocycles. The van der Waals surface area contributed by atoms with E-state index in [0.29, 0.717) is 5.69 Å². The summed E-state index contributed by atoms with van der Waals surface area (Å²) in [6.07, 6.45) is 2.32. The molecular weight excluding hydrogens is 386 g/mol. The first kappa shape index (κ1) is 21.3. The lowest BCUT2D eigenvalue weighted by Gasteiger charge is -2.32. The second-order valence-corrected chi connectivity index (χ2v) is 7.42. The van der Waals surface area contributed by atoms with Crippen LogP contribution < -0.4 is 10.2 Å². The maximum atomic E-state index is 12.6. The first-order valence-corrected chi connectivity index (χ1v) is 10.0. The van der Waals surface area contributed by atoms with E-state index in [0.717, 1.165) is 49.7 Å². The Balaban J connectivity index is 1.75. The van der Waals surface area contributed by atoms with Crippen molar-refractivity contribution in [1.29, 1.82) is 0 Å². The molecule has 0 radical (unpaired) electrons. The van der Waals surface area contributed by atoms with Crippen molar-refractivity contribution in [1.82, 2.24) is 0 Å². The Kier molecular flexibility index (Phi) is 6.66. The third kappa shape index (κ3) is 5.14. The molecule has 0 spiro atoms. The number of esters is 1. The lowest BCUT2D eigenvalue weighted by molar-refractivity contribution is -0.384. The Morgan fingerprint density at radius 2 is 1.77 bits per heavy atom. The summed E-state index contributed by atoms with van der Waals surface area (Å²) in [5.41, 5.74) is 1.30. The number of hydrogen-bond donors (Lipinski definition) is 1. The zero-order valence-corrected chi connectivity index (χ0v) is 17.1. The SMILES string of the molecule is CCOC(=O)c1cc(C(=O)Nc2ccc(N3CCC(C)CC3)cc2)cc([N+](=O)[O-])c1. The molecule has 3 rings (SSSR count). The molecule has 30 heavy (non-hydrogen) atoms. The summed E-state index contributed by atoms with van der Waals surface area (Å²) in [4.78, 5) is 37.5. The summed E-state index contributed by atoms with van der Waals surface area (Å²) in [7, 11) is 0. The number of ether oxygens (including phenoxy) is 1. The van der Waals surface area contributed by atoms with E-state index in [9.17, 15) is 19.7 Å². The van der Waals surface area contributed by atoms with Crippen LogP contribution in [0.3, 0.4) is 0 Å². The van der Waals surface area contributed by atoms with Gasteiger partial charge in [-0.2, -0.15) is 0 Å². The van der Waals surface area contributed by atoms with Crippen LogP contribution in [0.25, 0.3) is 0 Å². The van der Waals surface area contributed by atoms with Gasteiger partial charge in [0.05, 0.1) is 17.1 Å². The maximum absolute atomic E-state index is 12.6. The second kappa shape index (κ2) is 9.39. The van der Waals surface area contributed by atoms with Crippen molar-refractivity contribution in [3.8, 4) is 0 Å². The van der Waals surface area contributed by atoms with Gasteiger partial charge in [0, 0.05) is 42.2 Å². The number of nitrogens with one attached hydrogen (secondary N) is 1. The Labute approximate surface area is 175 Å². The van der Waals surface area contributed by atoms with E-state index in [2.05, 4.69) is 17.1 Å². The minimum atomic E-state index is -0.713. The molecule has 1 aliphatic rings. The van der Waals surface area contributed by atoms with Gasteiger partial charge in [0.1, 0.15) is 0 Å². The first-order valence-electron chi connectivity index (χ1n) is 10.0. The fraction of sp³-hybridized carbons (Fsp3) is 0.364. The summed E-state index contributed by atoms with van der Waals surface area (Å²) < 4.78 is 4.90. The molecule has 0 aliphatic carbocycles. The van der Waals surface area contributed by atoms with Crippen molar-refractivity contribution < 1.29 is 19.2 Å². The Morgan fingerprint density at radius 1 is 1.13 bits per heavy atom. The molecule has 1 amide bonds. The highest BCUT2D eigenvalue weighted by Crippen LogP contribution is 2.25. The summed E-state index contributed by atoms with van der Waals surface area (Å²) in [6.45, 7) is 6.05. The van der Waals surface area contributed by atoms with Gasteiger partial charge in [0.2, 0.25) is 0 Å². The van der Waals surface area contributed by atoms with Crippen LogP contribution in [-0.2, 0) is 4.74 Å². The van der Waals surface area contributed by atoms with Gasteiger partial charge in [-0.3, -0.25) is 14.9 Å². The van der Waals surface area contributed by atoms with Crippen LogP contribution in [0, 0.1) is 16.0 Å². The van der Waals surface area contributed by atoms with E-state index in [1.807, 2.05) is 12.1 Å². The maximum Gasteiger partial charge on any atom is 0.338 e. The summed E-state index contributed by atoms with van der Waals surface area (Å²) >= 11 is 0. The van der Waals surface area contributed by atoms with Gasteiger partial charge < -0.3 is 15.0 Å². The topological polar surface area (TPSA) is 102 Å². The van der Waals surface area contributed by atoms with E-state index >= 15 is 0 Å². The molecule has 0 aromatic heterocycles. The van der Waals surface area contributed by atoms with E-state index in [1.165, 1.54) is 6.07 Å². The zero-order chi connectivity index (χ0) is 21.7. The van der Waals surface area contributed by atoms with Gasteiger partial charge in [-0.15, -0.1) is 0 Å². The van der Waals surface area contributed by atoms with E-state index in [1.54, 1.807) is 19.1 Å². The number of carbonyl (C=O) groups is 2. The number of amides is 1. The number of nitro groups is 1. The molecule has 1 aliphatic heterocycles. The highest BCUT2D eigenvalue weighted by molar-refractivity contribution is 6.06. The Bertz CT molecular complexity index is 934. The van der Waals surface area contributed by atoms with Crippen molar-refractivity contribution in [3.05, 3.63) is 63.7 Å². The number of rotatable bonds is 6. The Hall–Kier alpha value is -3.42. The molecule has 1 fully saturated rings. The van der Waals surface area contributed by atoms with E-state index in [4.69, 9.17) is 4.74 Å². The minimum Gasteiger partial charge on any atom is -0.462 e. The summed E-state index contributed by atoms with van der Waals surface area (Å²) in [5, 5.41) is 13.9. The number of carbonyl (C=O) groups excluding carboxylic acids is 2. The van der Waals surface area contributed by atoms with Crippen LogP contribution in [-0.4, -0.2) is 36.5 Å². The van der Waals surface area contributed by atoms with Gasteiger partial charge in [-0.25, -0.2) is 4.79 Å². The van der Waals surface area contributed by atoms with E-state index < -0.39 is 16.8 Å². The molecule has 158 valence electrons. The standard InChI is InChI=1S/C22H25N3O5/c1-3-30-22(27)17-12-16(13-20(14-17)25(28)29)21(26)23-18-4-6-19(7-5-18)24-10-8-15(2)9-11-24/h4-7,12-15H,3,8-11H2,1-2H3,(H,23,26). The average Bonchev–Trinajstić information content (AvgIpc) is 2.74. The molecule has 0 saturated carbocycles. The predicted molar refractivity (Wildman–Crippen MR) is 114 cm³/mol. The van der Waals surface area contributed by atoms with Gasteiger partial charge in [0.15, 0.2) is 0 Å². The molecule has 0 unspecified atom stereocenters. The fourth-order valence-electron chi connectivity index (χ4n) is 3.41. The number of hydrogen-bond acceptors (Lipinski definition) is 6. The van der Waals surface area contributed by atoms with Crippen molar-refractivity contribution in [2.24, 2.45) is 5.92 Å². The summed E-state index contributed by atoms with van der Waals surface area (Å²) in [5.74, 6) is -0.506. The lowest BCUT2D eigenvalue weighted by Crippen LogP contribution is -2.32. The molecule has 1 heterocycles. The number of nitrogens with zero attached hydrogens (tertiary/aromatic N) is 2. The predicted octanol–water partition coefficient (Wildman–Crippen LogP) is 4.26. The number of anilines is 2. The van der Waals surface area contributed by atoms with Crippen LogP contribution in [0.15, 0.2) is 42.5 Å². The smallest absolute Gasteiger partial charge is 0.338 e. The van der Waals surface area contributed by atoms with Crippen LogP contribution in [0.1, 0.15) is 47.4 Å². The molecule has 1 N–H and O–H groups in total. The molecule has 0 bridgehead atoms. The van der Waals surface area contributed by atoms with Crippen molar-refractivity contribution >= 4 is 28.9 Å². The van der Waals surface area contributed by atoms with Crippen LogP contribution in [0.5, 0.6) is 0 Å². The van der Waals surface area contributed by atoms with Gasteiger partial charge in [-0.1, -0.05) is 6.92 Å². The normalized spacial score (nSPS) is 14.3. The number of nitro benzene ring substituents is 1. The third-order valence-electron chi connectivity index (χ3n) is 5.18. The second-order valence-electron chi connectivity index (χ2n) is 7.42. The monoisotopic (exact) mass is 411 g/mol. The van der Waals surface area contributed by atoms with Crippen LogP contribution in [0.2, 0.25) is 0 Å². The van der Waals surface area contributed by atoms with Gasteiger partial charge >= 0.3 is 5.97 Å². The summed E-state index contributed by atoms with van der Waals surface area (Å²) in [6, 6.07) is 11.0. The lowest BCUT2D eigenvalue weighted by atomic mass is 9.99. The molecule has 2 aromatic rings. The van der Waals surface area contributed by atoms with Crippen molar-refractivity contribution in [2.45, 2.75) is 26.7 Å². The molecule has 8 nitrogen and oxygen atoms in total. The highest BCUT2D eigenvalue weighted by atomic mass is 16.6. The number of piperidine rings is 1. The van der Waals surface area contributed by atoms with Crippen molar-refractivity contribution in [3.63, 3.8) is 0 Å². The molecular formula is C22H25N3O5. The number of non-ortho nitro benzene ring substituents is 1. The highest BCUT2D eigenvalue weighted by Gasteiger charge is 2.19. The molecule has 2 aromatic carbocycles. The Morgan fingerprint density at radius 3 is 2.37 bits per heavy atom. The zero-order valence-electron chi connectivity index (χ0n) is 17.1. The average molecular weight is 411 g/mol. The van der Waals surface area contributed by atoms with Gasteiger partial charge in [-0.05, 0) is 56.0 Å². The van der Waals surface area contributed by atoms with Crippen molar-refractivity contribution in [2.75, 3.05) is 29.9 Å². The number of benzene rings is 2. The molecule has 0 atom stereocenters. The fourth-order valence-corrected chi connectivity index (χ4v) is 3.41. The largest absolute Gasteiger partial charge is 0.462 e. The van der Waals surface area contributed by atoms with E-state index in [-0.39, 0.29) is 23.4 Å². The minimum absolute atomic E-state index is 0.0151. The third-order valence-corrected chi connectivity index (χ3v) is 5.18.